The average molecular weight is 196 g/mol. The SMILES string of the molecule is Cc1ncc(CC(N)C(=O)O)c(N)n1. The van der Waals surface area contributed by atoms with Crippen molar-refractivity contribution in [2.75, 3.05) is 5.73 Å². The molecular weight excluding hydrogens is 184 g/mol. The third-order valence-electron chi connectivity index (χ3n) is 1.78. The minimum Gasteiger partial charge on any atom is -0.480 e. The number of aliphatic carboxylic acids is 1. The highest BCUT2D eigenvalue weighted by atomic mass is 16.4. The summed E-state index contributed by atoms with van der Waals surface area (Å²) in [6.07, 6.45) is 1.64. The Balaban J connectivity index is 2.82. The maximum atomic E-state index is 10.5. The molecule has 0 radical (unpaired) electrons. The van der Waals surface area contributed by atoms with Gasteiger partial charge in [0, 0.05) is 18.2 Å². The van der Waals surface area contributed by atoms with Gasteiger partial charge in [-0.3, -0.25) is 4.79 Å². The third kappa shape index (κ3) is 2.40. The number of carbonyl (C=O) groups is 1. The number of carboxylic acids is 1. The molecule has 14 heavy (non-hydrogen) atoms. The molecule has 0 aliphatic carbocycles. The predicted octanol–water partition coefficient (Wildman–Crippen LogP) is -0.678. The van der Waals surface area contributed by atoms with Gasteiger partial charge in [-0.1, -0.05) is 0 Å². The lowest BCUT2D eigenvalue weighted by atomic mass is 10.1. The molecular formula is C8H12N4O2. The van der Waals surface area contributed by atoms with Crippen molar-refractivity contribution in [1.82, 2.24) is 9.97 Å². The van der Waals surface area contributed by atoms with Gasteiger partial charge >= 0.3 is 5.97 Å². The molecule has 1 heterocycles. The number of hydrogen-bond acceptors (Lipinski definition) is 5. The normalized spacial score (nSPS) is 12.4. The Morgan fingerprint density at radius 2 is 2.36 bits per heavy atom. The number of carboxylic acid groups (broad SMARTS) is 1. The van der Waals surface area contributed by atoms with Gasteiger partial charge in [0.15, 0.2) is 0 Å². The van der Waals surface area contributed by atoms with Gasteiger partial charge < -0.3 is 16.6 Å². The van der Waals surface area contributed by atoms with Crippen molar-refractivity contribution in [3.05, 3.63) is 17.6 Å². The lowest BCUT2D eigenvalue weighted by molar-refractivity contribution is -0.138. The Bertz CT molecular complexity index is 353. The fourth-order valence-electron chi connectivity index (χ4n) is 0.994. The van der Waals surface area contributed by atoms with Gasteiger partial charge in [0.2, 0.25) is 0 Å². The van der Waals surface area contributed by atoms with Crippen molar-refractivity contribution in [3.8, 4) is 0 Å². The number of hydrogen-bond donors (Lipinski definition) is 3. The summed E-state index contributed by atoms with van der Waals surface area (Å²) >= 11 is 0. The van der Waals surface area contributed by atoms with E-state index in [1.165, 1.54) is 6.20 Å². The maximum Gasteiger partial charge on any atom is 0.320 e. The lowest BCUT2D eigenvalue weighted by Crippen LogP contribution is -2.32. The van der Waals surface area contributed by atoms with E-state index in [0.29, 0.717) is 11.4 Å². The van der Waals surface area contributed by atoms with Crippen molar-refractivity contribution < 1.29 is 9.90 Å². The van der Waals surface area contributed by atoms with Crippen LogP contribution in [0.2, 0.25) is 0 Å². The van der Waals surface area contributed by atoms with Crippen LogP contribution in [0.3, 0.4) is 0 Å². The summed E-state index contributed by atoms with van der Waals surface area (Å²) < 4.78 is 0. The van der Waals surface area contributed by atoms with Gasteiger partial charge in [-0.2, -0.15) is 0 Å². The first-order chi connectivity index (χ1) is 6.50. The molecule has 1 atom stereocenters. The standard InChI is InChI=1S/C8H12N4O2/c1-4-11-3-5(7(10)12-4)2-6(9)8(13)14/h3,6H,2,9H2,1H3,(H,13,14)(H2,10,11,12). The number of nitrogen functional groups attached to an aromatic ring is 1. The van der Waals surface area contributed by atoms with E-state index in [1.54, 1.807) is 6.92 Å². The van der Waals surface area contributed by atoms with E-state index in [1.807, 2.05) is 0 Å². The highest BCUT2D eigenvalue weighted by molar-refractivity contribution is 5.73. The molecule has 1 unspecified atom stereocenters. The second-order valence-electron chi connectivity index (χ2n) is 2.98. The summed E-state index contributed by atoms with van der Waals surface area (Å²) in [7, 11) is 0. The molecule has 0 saturated heterocycles. The first-order valence-corrected chi connectivity index (χ1v) is 4.07. The summed E-state index contributed by atoms with van der Waals surface area (Å²) in [5.41, 5.74) is 11.5. The van der Waals surface area contributed by atoms with Crippen molar-refractivity contribution in [3.63, 3.8) is 0 Å². The molecule has 6 nitrogen and oxygen atoms in total. The van der Waals surface area contributed by atoms with Gasteiger partial charge in [-0.15, -0.1) is 0 Å². The van der Waals surface area contributed by atoms with E-state index in [-0.39, 0.29) is 12.2 Å². The van der Waals surface area contributed by atoms with E-state index in [2.05, 4.69) is 9.97 Å². The molecule has 1 aromatic rings. The van der Waals surface area contributed by atoms with Crippen LogP contribution in [0, 0.1) is 6.92 Å². The zero-order valence-corrected chi connectivity index (χ0v) is 7.77. The van der Waals surface area contributed by atoms with E-state index >= 15 is 0 Å². The lowest BCUT2D eigenvalue weighted by Gasteiger charge is -2.07. The second-order valence-corrected chi connectivity index (χ2v) is 2.98. The molecule has 0 aliphatic rings. The zero-order chi connectivity index (χ0) is 10.7. The fourth-order valence-corrected chi connectivity index (χ4v) is 0.994. The minimum atomic E-state index is -1.06. The van der Waals surface area contributed by atoms with Crippen molar-refractivity contribution in [1.29, 1.82) is 0 Å². The summed E-state index contributed by atoms with van der Waals surface area (Å²) in [6, 6.07) is -0.969. The molecule has 0 spiro atoms. The van der Waals surface area contributed by atoms with E-state index in [4.69, 9.17) is 16.6 Å². The van der Waals surface area contributed by atoms with Crippen LogP contribution >= 0.6 is 0 Å². The Hall–Kier alpha value is -1.69. The first-order valence-electron chi connectivity index (χ1n) is 4.07. The van der Waals surface area contributed by atoms with E-state index in [9.17, 15) is 4.79 Å². The molecule has 6 heteroatoms. The number of aryl methyl sites for hydroxylation is 1. The van der Waals surface area contributed by atoms with E-state index in [0.717, 1.165) is 0 Å². The van der Waals surface area contributed by atoms with E-state index < -0.39 is 12.0 Å². The summed E-state index contributed by atoms with van der Waals surface area (Å²) in [5.74, 6) is -0.227. The van der Waals surface area contributed by atoms with Crippen LogP contribution in [-0.2, 0) is 11.2 Å². The van der Waals surface area contributed by atoms with Gasteiger partial charge in [-0.25, -0.2) is 9.97 Å². The summed E-state index contributed by atoms with van der Waals surface area (Å²) in [5, 5.41) is 8.58. The number of rotatable bonds is 3. The highest BCUT2D eigenvalue weighted by Gasteiger charge is 2.14. The molecule has 0 aromatic carbocycles. The Morgan fingerprint density at radius 1 is 1.71 bits per heavy atom. The van der Waals surface area contributed by atoms with Crippen LogP contribution in [0.15, 0.2) is 6.20 Å². The molecule has 0 bridgehead atoms. The molecule has 76 valence electrons. The molecule has 0 saturated carbocycles. The summed E-state index contributed by atoms with van der Waals surface area (Å²) in [4.78, 5) is 18.3. The minimum absolute atomic E-state index is 0.140. The topological polar surface area (TPSA) is 115 Å². The maximum absolute atomic E-state index is 10.5. The Kier molecular flexibility index (Phi) is 2.98. The van der Waals surface area contributed by atoms with Gasteiger partial charge in [0.1, 0.15) is 17.7 Å². The molecule has 0 fully saturated rings. The van der Waals surface area contributed by atoms with Crippen LogP contribution in [0.5, 0.6) is 0 Å². The van der Waals surface area contributed by atoms with Gasteiger partial charge in [0.25, 0.3) is 0 Å². The fraction of sp³-hybridized carbons (Fsp3) is 0.375. The van der Waals surface area contributed by atoms with Crippen LogP contribution in [0.25, 0.3) is 0 Å². The van der Waals surface area contributed by atoms with Crippen molar-refractivity contribution >= 4 is 11.8 Å². The van der Waals surface area contributed by atoms with Crippen LogP contribution in [-0.4, -0.2) is 27.1 Å². The molecule has 5 N–H and O–H groups in total. The van der Waals surface area contributed by atoms with Crippen molar-refractivity contribution in [2.45, 2.75) is 19.4 Å². The predicted molar refractivity (Wildman–Crippen MR) is 50.5 cm³/mol. The number of anilines is 1. The van der Waals surface area contributed by atoms with Crippen LogP contribution < -0.4 is 11.5 Å². The second kappa shape index (κ2) is 4.01. The molecule has 0 aliphatic heterocycles. The number of nitrogens with two attached hydrogens (primary N) is 2. The average Bonchev–Trinajstić information content (AvgIpc) is 2.09. The largest absolute Gasteiger partial charge is 0.480 e. The zero-order valence-electron chi connectivity index (χ0n) is 7.77. The number of aromatic nitrogens is 2. The summed E-state index contributed by atoms with van der Waals surface area (Å²) in [6.45, 7) is 1.71. The van der Waals surface area contributed by atoms with Gasteiger partial charge in [0.05, 0.1) is 0 Å². The Labute approximate surface area is 81.0 Å². The smallest absolute Gasteiger partial charge is 0.320 e. The Morgan fingerprint density at radius 3 is 2.86 bits per heavy atom. The number of nitrogens with zero attached hydrogens (tertiary/aromatic N) is 2. The third-order valence-corrected chi connectivity index (χ3v) is 1.78. The molecule has 1 rings (SSSR count). The molecule has 1 aromatic heterocycles. The van der Waals surface area contributed by atoms with Gasteiger partial charge in [-0.05, 0) is 6.92 Å². The monoisotopic (exact) mass is 196 g/mol. The highest BCUT2D eigenvalue weighted by Crippen LogP contribution is 2.09. The quantitative estimate of drug-likeness (QED) is 0.590. The van der Waals surface area contributed by atoms with Crippen LogP contribution in [0.4, 0.5) is 5.82 Å². The van der Waals surface area contributed by atoms with Crippen LogP contribution in [0.1, 0.15) is 11.4 Å². The van der Waals surface area contributed by atoms with Crippen molar-refractivity contribution in [2.24, 2.45) is 5.73 Å². The molecule has 0 amide bonds. The first kappa shape index (κ1) is 10.4.